The lowest BCUT2D eigenvalue weighted by atomic mass is 10.1. The Morgan fingerprint density at radius 3 is 2.46 bits per heavy atom. The number of anilines is 3. The first-order valence-electron chi connectivity index (χ1n) is 8.72. The van der Waals surface area contributed by atoms with Crippen molar-refractivity contribution < 1.29 is 9.18 Å². The first-order valence-corrected chi connectivity index (χ1v) is 8.72. The van der Waals surface area contributed by atoms with Gasteiger partial charge in [-0.05, 0) is 36.8 Å². The van der Waals surface area contributed by atoms with Gasteiger partial charge in [-0.3, -0.25) is 9.78 Å². The van der Waals surface area contributed by atoms with Crippen LogP contribution in [0.3, 0.4) is 0 Å². The highest BCUT2D eigenvalue weighted by Gasteiger charge is 2.18. The lowest BCUT2D eigenvalue weighted by molar-refractivity contribution is 0.0828. The summed E-state index contributed by atoms with van der Waals surface area (Å²) < 4.78 is 13.2. The number of amides is 1. The normalized spacial score (nSPS) is 11.6. The third kappa shape index (κ3) is 4.59. The Morgan fingerprint density at radius 1 is 1.07 bits per heavy atom. The van der Waals surface area contributed by atoms with Gasteiger partial charge in [0.05, 0.1) is 11.8 Å². The maximum Gasteiger partial charge on any atom is 0.257 e. The second-order valence-corrected chi connectivity index (χ2v) is 6.43. The van der Waals surface area contributed by atoms with Crippen molar-refractivity contribution in [2.45, 2.75) is 13.0 Å². The molecule has 0 spiro atoms. The molecule has 1 atom stereocenters. The lowest BCUT2D eigenvalue weighted by Gasteiger charge is -2.20. The zero-order chi connectivity index (χ0) is 20.1. The summed E-state index contributed by atoms with van der Waals surface area (Å²) in [7, 11) is 3.36. The molecule has 1 unspecified atom stereocenters. The van der Waals surface area contributed by atoms with Crippen molar-refractivity contribution in [3.63, 3.8) is 0 Å². The molecule has 0 aliphatic heterocycles. The molecular weight excluding hydrogens is 359 g/mol. The molecule has 8 heteroatoms. The summed E-state index contributed by atoms with van der Waals surface area (Å²) in [6.07, 6.45) is 4.73. The van der Waals surface area contributed by atoms with Crippen molar-refractivity contribution in [2.75, 3.05) is 24.7 Å². The summed E-state index contributed by atoms with van der Waals surface area (Å²) in [5.41, 5.74) is 1.31. The molecule has 3 aromatic rings. The van der Waals surface area contributed by atoms with E-state index in [1.54, 1.807) is 57.0 Å². The number of nitrogens with one attached hydrogen (secondary N) is 2. The predicted octanol–water partition coefficient (Wildman–Crippen LogP) is 3.63. The summed E-state index contributed by atoms with van der Waals surface area (Å²) in [5.74, 6) is 1.01. The van der Waals surface area contributed by atoms with Crippen LogP contribution in [0.15, 0.2) is 55.0 Å². The van der Waals surface area contributed by atoms with E-state index in [4.69, 9.17) is 0 Å². The van der Waals surface area contributed by atoms with Gasteiger partial charge in [-0.1, -0.05) is 12.1 Å². The number of rotatable bonds is 6. The van der Waals surface area contributed by atoms with Crippen LogP contribution in [0.1, 0.15) is 28.9 Å². The maximum atomic E-state index is 13.2. The van der Waals surface area contributed by atoms with Crippen LogP contribution in [0, 0.1) is 5.82 Å². The minimum atomic E-state index is -0.298. The van der Waals surface area contributed by atoms with Crippen molar-refractivity contribution >= 4 is 23.4 Å². The summed E-state index contributed by atoms with van der Waals surface area (Å²) in [6, 6.07) is 9.42. The zero-order valence-corrected chi connectivity index (χ0v) is 15.8. The number of hydrogen-bond acceptors (Lipinski definition) is 6. The predicted molar refractivity (Wildman–Crippen MR) is 106 cm³/mol. The summed E-state index contributed by atoms with van der Waals surface area (Å²) in [4.78, 5) is 26.7. The van der Waals surface area contributed by atoms with E-state index < -0.39 is 0 Å². The Labute approximate surface area is 162 Å². The molecular formula is C20H21FN6O. The number of carbonyl (C=O) groups excluding carboxylic acids is 1. The number of hydrogen-bond donors (Lipinski definition) is 2. The highest BCUT2D eigenvalue weighted by Crippen LogP contribution is 2.24. The molecule has 0 aliphatic carbocycles. The van der Waals surface area contributed by atoms with Crippen LogP contribution in [0.4, 0.5) is 21.8 Å². The standard InChI is InChI=1S/C20H21FN6O/c1-13(14-4-6-15(21)7-5-14)24-19-16(20(28)27(2)3)8-9-17(26-19)25-18-12-22-10-11-23-18/h4-13H,1-3H3,(H2,23,24,25,26). The van der Waals surface area contributed by atoms with Gasteiger partial charge in [0.15, 0.2) is 0 Å². The molecule has 3 rings (SSSR count). The van der Waals surface area contributed by atoms with Crippen LogP contribution in [0.5, 0.6) is 0 Å². The van der Waals surface area contributed by atoms with Crippen LogP contribution in [-0.2, 0) is 0 Å². The molecule has 2 N–H and O–H groups in total. The summed E-state index contributed by atoms with van der Waals surface area (Å²) >= 11 is 0. The molecule has 0 saturated carbocycles. The quantitative estimate of drug-likeness (QED) is 0.680. The zero-order valence-electron chi connectivity index (χ0n) is 15.8. The molecule has 7 nitrogen and oxygen atoms in total. The van der Waals surface area contributed by atoms with Crippen LogP contribution in [0.25, 0.3) is 0 Å². The van der Waals surface area contributed by atoms with Gasteiger partial charge < -0.3 is 15.5 Å². The molecule has 0 saturated heterocycles. The topological polar surface area (TPSA) is 83.0 Å². The van der Waals surface area contributed by atoms with Gasteiger partial charge in [-0.25, -0.2) is 14.4 Å². The summed E-state index contributed by atoms with van der Waals surface area (Å²) in [5, 5.41) is 6.31. The van der Waals surface area contributed by atoms with E-state index in [0.717, 1.165) is 5.56 Å². The van der Waals surface area contributed by atoms with Crippen molar-refractivity contribution in [2.24, 2.45) is 0 Å². The first kappa shape index (κ1) is 19.2. The van der Waals surface area contributed by atoms with Crippen molar-refractivity contribution in [3.8, 4) is 0 Å². The van der Waals surface area contributed by atoms with E-state index in [-0.39, 0.29) is 17.8 Å². The van der Waals surface area contributed by atoms with Crippen LogP contribution in [0.2, 0.25) is 0 Å². The smallest absolute Gasteiger partial charge is 0.257 e. The second-order valence-electron chi connectivity index (χ2n) is 6.43. The number of benzene rings is 1. The van der Waals surface area contributed by atoms with Gasteiger partial charge in [0.25, 0.3) is 5.91 Å². The Hall–Kier alpha value is -3.55. The first-order chi connectivity index (χ1) is 13.4. The fraction of sp³-hybridized carbons (Fsp3) is 0.200. The van der Waals surface area contributed by atoms with E-state index >= 15 is 0 Å². The number of nitrogens with zero attached hydrogens (tertiary/aromatic N) is 4. The number of carbonyl (C=O) groups is 1. The SMILES string of the molecule is CC(Nc1nc(Nc2cnccn2)ccc1C(=O)N(C)C)c1ccc(F)cc1. The van der Waals surface area contributed by atoms with Crippen molar-refractivity contribution in [1.82, 2.24) is 19.9 Å². The van der Waals surface area contributed by atoms with Gasteiger partial charge in [-0.15, -0.1) is 0 Å². The molecule has 0 radical (unpaired) electrons. The third-order valence-electron chi connectivity index (χ3n) is 4.07. The van der Waals surface area contributed by atoms with Crippen molar-refractivity contribution in [1.29, 1.82) is 0 Å². The highest BCUT2D eigenvalue weighted by molar-refractivity contribution is 5.98. The molecule has 2 aromatic heterocycles. The van der Waals surface area contributed by atoms with Crippen molar-refractivity contribution in [3.05, 3.63) is 71.9 Å². The average Bonchev–Trinajstić information content (AvgIpc) is 2.69. The lowest BCUT2D eigenvalue weighted by Crippen LogP contribution is -2.24. The second kappa shape index (κ2) is 8.43. The Balaban J connectivity index is 1.91. The van der Waals surface area contributed by atoms with Gasteiger partial charge in [0, 0.05) is 32.5 Å². The molecule has 1 aromatic carbocycles. The Morgan fingerprint density at radius 2 is 1.82 bits per heavy atom. The average molecular weight is 380 g/mol. The molecule has 144 valence electrons. The number of halogens is 1. The summed E-state index contributed by atoms with van der Waals surface area (Å²) in [6.45, 7) is 1.92. The molecule has 1 amide bonds. The molecule has 0 bridgehead atoms. The minimum absolute atomic E-state index is 0.174. The fourth-order valence-electron chi connectivity index (χ4n) is 2.59. The Bertz CT molecular complexity index is 947. The largest absolute Gasteiger partial charge is 0.363 e. The monoisotopic (exact) mass is 380 g/mol. The van der Waals surface area contributed by atoms with Gasteiger partial charge in [-0.2, -0.15) is 0 Å². The van der Waals surface area contributed by atoms with Gasteiger partial charge in [0.1, 0.15) is 23.3 Å². The highest BCUT2D eigenvalue weighted by atomic mass is 19.1. The fourth-order valence-corrected chi connectivity index (χ4v) is 2.59. The van der Waals surface area contributed by atoms with E-state index in [1.165, 1.54) is 17.0 Å². The van der Waals surface area contributed by atoms with Crippen LogP contribution in [-0.4, -0.2) is 39.9 Å². The van der Waals surface area contributed by atoms with Crippen LogP contribution < -0.4 is 10.6 Å². The molecule has 0 fully saturated rings. The molecule has 28 heavy (non-hydrogen) atoms. The van der Waals surface area contributed by atoms with E-state index in [0.29, 0.717) is 23.0 Å². The van der Waals surface area contributed by atoms with E-state index in [1.807, 2.05) is 6.92 Å². The molecule has 2 heterocycles. The Kier molecular flexibility index (Phi) is 5.78. The third-order valence-corrected chi connectivity index (χ3v) is 4.07. The minimum Gasteiger partial charge on any atom is -0.363 e. The van der Waals surface area contributed by atoms with E-state index in [2.05, 4.69) is 25.6 Å². The van der Waals surface area contributed by atoms with Crippen LogP contribution >= 0.6 is 0 Å². The molecule has 0 aliphatic rings. The number of pyridine rings is 1. The van der Waals surface area contributed by atoms with Gasteiger partial charge in [0.2, 0.25) is 0 Å². The maximum absolute atomic E-state index is 13.2. The number of aromatic nitrogens is 3. The van der Waals surface area contributed by atoms with Gasteiger partial charge >= 0.3 is 0 Å². The van der Waals surface area contributed by atoms with E-state index in [9.17, 15) is 9.18 Å².